The van der Waals surface area contributed by atoms with Crippen molar-refractivity contribution in [2.75, 3.05) is 4.90 Å². The molecule has 0 fully saturated rings. The van der Waals surface area contributed by atoms with Gasteiger partial charge in [-0.1, -0.05) is 91.0 Å². The van der Waals surface area contributed by atoms with Gasteiger partial charge < -0.3 is 4.90 Å². The third-order valence-electron chi connectivity index (χ3n) is 12.4. The number of benzene rings is 6. The number of anilines is 3. The molecule has 0 aliphatic carbocycles. The molecule has 0 N–H and O–H groups in total. The second-order valence-corrected chi connectivity index (χ2v) is 16.4. The Morgan fingerprint density at radius 2 is 0.522 bits per heavy atom. The van der Waals surface area contributed by atoms with Crippen LogP contribution in [-0.2, 0) is 0 Å². The van der Waals surface area contributed by atoms with E-state index in [0.29, 0.717) is 0 Å². The molecule has 12 rings (SSSR count). The van der Waals surface area contributed by atoms with Crippen LogP contribution in [0.15, 0.2) is 237 Å². The van der Waals surface area contributed by atoms with E-state index in [9.17, 15) is 0 Å². The second-order valence-electron chi connectivity index (χ2n) is 16.4. The lowest BCUT2D eigenvalue weighted by Gasteiger charge is -2.26. The van der Waals surface area contributed by atoms with Crippen LogP contribution >= 0.6 is 0 Å². The molecule has 0 saturated carbocycles. The highest BCUT2D eigenvalue weighted by molar-refractivity contribution is 5.99. The SMILES string of the molecule is c1ccc2c(-c3ccncc3)cc(-c3ccc(N(c4ccc(-c5cc(-c6ccncc6)c6ccccc6n5)cc4)c4ccc(-c5cc(-c6ccncc6)c6ccccc6n5)cc4)cc3)nc2c1. The Balaban J connectivity index is 0.948. The second kappa shape index (κ2) is 17.1. The molecule has 0 unspecified atom stereocenters. The topological polar surface area (TPSA) is 80.6 Å². The summed E-state index contributed by atoms with van der Waals surface area (Å²) < 4.78 is 0. The third-order valence-corrected chi connectivity index (χ3v) is 12.4. The van der Waals surface area contributed by atoms with Crippen molar-refractivity contribution in [3.8, 4) is 67.2 Å². The molecule has 12 aromatic rings. The number of rotatable bonds is 9. The van der Waals surface area contributed by atoms with Crippen LogP contribution < -0.4 is 4.90 Å². The molecule has 0 bridgehead atoms. The Labute approximate surface area is 387 Å². The summed E-state index contributed by atoms with van der Waals surface area (Å²) >= 11 is 0. The number of hydrogen-bond acceptors (Lipinski definition) is 7. The van der Waals surface area contributed by atoms with Crippen LogP contribution in [0.4, 0.5) is 17.1 Å². The lowest BCUT2D eigenvalue weighted by Crippen LogP contribution is -2.10. The molecule has 0 radical (unpaired) electrons. The van der Waals surface area contributed by atoms with Gasteiger partial charge >= 0.3 is 0 Å². The van der Waals surface area contributed by atoms with E-state index in [4.69, 9.17) is 15.0 Å². The van der Waals surface area contributed by atoms with Gasteiger partial charge in [-0.05, 0) is 143 Å². The van der Waals surface area contributed by atoms with Gasteiger partial charge in [0, 0.05) is 87.1 Å². The van der Waals surface area contributed by atoms with Gasteiger partial charge in [0.25, 0.3) is 0 Å². The maximum atomic E-state index is 5.14. The predicted octanol–water partition coefficient (Wildman–Crippen LogP) is 15.0. The highest BCUT2D eigenvalue weighted by Crippen LogP contribution is 2.40. The fourth-order valence-electron chi connectivity index (χ4n) is 9.07. The number of pyridine rings is 6. The van der Waals surface area contributed by atoms with Gasteiger partial charge in [0.2, 0.25) is 0 Å². The molecule has 6 aromatic carbocycles. The molecular formula is C60H39N7. The van der Waals surface area contributed by atoms with E-state index in [1.54, 1.807) is 0 Å². The summed E-state index contributed by atoms with van der Waals surface area (Å²) in [6.07, 6.45) is 11.0. The molecule has 0 aliphatic rings. The van der Waals surface area contributed by atoms with Gasteiger partial charge in [-0.15, -0.1) is 0 Å². The smallest absolute Gasteiger partial charge is 0.0715 e. The van der Waals surface area contributed by atoms with E-state index in [2.05, 4.69) is 202 Å². The van der Waals surface area contributed by atoms with Crippen LogP contribution in [-0.4, -0.2) is 29.9 Å². The largest absolute Gasteiger partial charge is 0.311 e. The first-order valence-electron chi connectivity index (χ1n) is 22.2. The Kier molecular flexibility index (Phi) is 10.0. The van der Waals surface area contributed by atoms with Crippen molar-refractivity contribution in [2.24, 2.45) is 0 Å². The van der Waals surface area contributed by atoms with Crippen LogP contribution in [0.2, 0.25) is 0 Å². The van der Waals surface area contributed by atoms with E-state index in [1.165, 1.54) is 0 Å². The average Bonchev–Trinajstić information content (AvgIpc) is 3.41. The van der Waals surface area contributed by atoms with E-state index in [-0.39, 0.29) is 0 Å². The summed E-state index contributed by atoms with van der Waals surface area (Å²) in [5.74, 6) is 0. The fraction of sp³-hybridized carbons (Fsp3) is 0. The predicted molar refractivity (Wildman–Crippen MR) is 273 cm³/mol. The van der Waals surface area contributed by atoms with E-state index in [1.807, 2.05) is 55.4 Å². The average molecular weight is 858 g/mol. The summed E-state index contributed by atoms with van der Waals surface area (Å²) in [5.41, 5.74) is 18.3. The van der Waals surface area contributed by atoms with E-state index in [0.717, 1.165) is 117 Å². The molecule has 0 saturated heterocycles. The molecule has 67 heavy (non-hydrogen) atoms. The van der Waals surface area contributed by atoms with E-state index >= 15 is 0 Å². The summed E-state index contributed by atoms with van der Waals surface area (Å²) in [6, 6.07) is 69.8. The number of para-hydroxylation sites is 3. The zero-order chi connectivity index (χ0) is 44.5. The summed E-state index contributed by atoms with van der Waals surface area (Å²) in [7, 11) is 0. The Hall–Kier alpha value is -9.20. The number of hydrogen-bond donors (Lipinski definition) is 0. The van der Waals surface area contributed by atoms with Gasteiger partial charge in [-0.3, -0.25) is 15.0 Å². The van der Waals surface area contributed by atoms with Gasteiger partial charge in [0.1, 0.15) is 0 Å². The van der Waals surface area contributed by atoms with Gasteiger partial charge in [-0.2, -0.15) is 0 Å². The van der Waals surface area contributed by atoms with Crippen LogP contribution in [0.25, 0.3) is 99.9 Å². The standard InChI is InChI=1S/C60H39N7/c1-4-10-55-49(7-1)52(40-25-31-61-32-26-40)37-58(64-55)43-13-19-46(20-14-43)67(47-21-15-44(16-22-47)59-38-53(41-27-33-62-34-28-41)50-8-2-5-11-56(50)65-59)48-23-17-45(18-24-48)60-39-54(42-29-35-63-36-30-42)51-9-3-6-12-57(51)66-60/h1-39H. The van der Waals surface area contributed by atoms with Crippen LogP contribution in [0.5, 0.6) is 0 Å². The first-order valence-corrected chi connectivity index (χ1v) is 22.2. The van der Waals surface area contributed by atoms with Crippen LogP contribution in [0.3, 0.4) is 0 Å². The fourth-order valence-corrected chi connectivity index (χ4v) is 9.07. The van der Waals surface area contributed by atoms with Crippen molar-refractivity contribution in [1.82, 2.24) is 29.9 Å². The molecule has 314 valence electrons. The summed E-state index contributed by atoms with van der Waals surface area (Å²) in [4.78, 5) is 30.5. The van der Waals surface area contributed by atoms with Crippen molar-refractivity contribution in [2.45, 2.75) is 0 Å². The molecular weight excluding hydrogens is 819 g/mol. The minimum atomic E-state index is 0.903. The monoisotopic (exact) mass is 857 g/mol. The minimum absolute atomic E-state index is 0.903. The first-order chi connectivity index (χ1) is 33.2. The molecule has 0 atom stereocenters. The maximum Gasteiger partial charge on any atom is 0.0715 e. The molecule has 6 heterocycles. The maximum absolute atomic E-state index is 5.14. The number of nitrogens with zero attached hydrogens (tertiary/aromatic N) is 7. The van der Waals surface area contributed by atoms with Crippen molar-refractivity contribution < 1.29 is 0 Å². The quantitative estimate of drug-likeness (QED) is 0.143. The number of aromatic nitrogens is 6. The normalized spacial score (nSPS) is 11.3. The lowest BCUT2D eigenvalue weighted by atomic mass is 9.98. The highest BCUT2D eigenvalue weighted by Gasteiger charge is 2.17. The third kappa shape index (κ3) is 7.60. The zero-order valence-electron chi connectivity index (χ0n) is 36.1. The van der Waals surface area contributed by atoms with Crippen molar-refractivity contribution >= 4 is 49.8 Å². The first kappa shape index (κ1) is 39.4. The molecule has 0 amide bonds. The Morgan fingerprint density at radius 3 is 0.806 bits per heavy atom. The summed E-state index contributed by atoms with van der Waals surface area (Å²) in [6.45, 7) is 0. The molecule has 0 aliphatic heterocycles. The zero-order valence-corrected chi connectivity index (χ0v) is 36.1. The van der Waals surface area contributed by atoms with Crippen LogP contribution in [0, 0.1) is 0 Å². The lowest BCUT2D eigenvalue weighted by molar-refractivity contribution is 1.28. The Bertz CT molecular complexity index is 3320. The molecule has 7 heteroatoms. The van der Waals surface area contributed by atoms with Crippen LogP contribution in [0.1, 0.15) is 0 Å². The molecule has 6 aromatic heterocycles. The van der Waals surface area contributed by atoms with Gasteiger partial charge in [0.15, 0.2) is 0 Å². The summed E-state index contributed by atoms with van der Waals surface area (Å²) in [5, 5.41) is 3.31. The van der Waals surface area contributed by atoms with Crippen molar-refractivity contribution in [3.63, 3.8) is 0 Å². The van der Waals surface area contributed by atoms with Gasteiger partial charge in [0.05, 0.1) is 33.6 Å². The highest BCUT2D eigenvalue weighted by atomic mass is 15.1. The van der Waals surface area contributed by atoms with E-state index < -0.39 is 0 Å². The molecule has 7 nitrogen and oxygen atoms in total. The van der Waals surface area contributed by atoms with Crippen molar-refractivity contribution in [1.29, 1.82) is 0 Å². The Morgan fingerprint density at radius 1 is 0.254 bits per heavy atom. The number of fused-ring (bicyclic) bond motifs is 3. The minimum Gasteiger partial charge on any atom is -0.311 e. The van der Waals surface area contributed by atoms with Crippen molar-refractivity contribution in [3.05, 3.63) is 237 Å². The van der Waals surface area contributed by atoms with Gasteiger partial charge in [-0.25, -0.2) is 15.0 Å². The molecule has 0 spiro atoms.